The molecule has 3 aromatic rings. The van der Waals surface area contributed by atoms with Crippen LogP contribution in [-0.4, -0.2) is 10.9 Å². The number of fused-ring (bicyclic) bond motifs is 2. The van der Waals surface area contributed by atoms with Crippen LogP contribution in [0, 0.1) is 13.8 Å². The second kappa shape index (κ2) is 6.72. The van der Waals surface area contributed by atoms with Gasteiger partial charge in [-0.05, 0) is 62.8 Å². The molecule has 1 amide bonds. The molecular formula is C21H23N3OS. The first-order chi connectivity index (χ1) is 12.5. The van der Waals surface area contributed by atoms with E-state index in [1.165, 1.54) is 47.4 Å². The van der Waals surface area contributed by atoms with Crippen LogP contribution in [0.1, 0.15) is 51.3 Å². The van der Waals surface area contributed by atoms with Crippen molar-refractivity contribution in [2.45, 2.75) is 46.0 Å². The number of pyridine rings is 1. The molecule has 0 saturated carbocycles. The predicted octanol–water partition coefficient (Wildman–Crippen LogP) is 5.02. The van der Waals surface area contributed by atoms with Crippen LogP contribution < -0.4 is 11.1 Å². The minimum Gasteiger partial charge on any atom is -0.397 e. The van der Waals surface area contributed by atoms with Crippen molar-refractivity contribution in [3.05, 3.63) is 51.5 Å². The molecule has 3 N–H and O–H groups in total. The Bertz CT molecular complexity index is 1010. The Morgan fingerprint density at radius 1 is 1.15 bits per heavy atom. The van der Waals surface area contributed by atoms with E-state index in [-0.39, 0.29) is 5.91 Å². The van der Waals surface area contributed by atoms with Crippen LogP contribution >= 0.6 is 11.3 Å². The van der Waals surface area contributed by atoms with E-state index in [0.29, 0.717) is 10.6 Å². The lowest BCUT2D eigenvalue weighted by Gasteiger charge is -2.08. The number of nitrogens with zero attached hydrogens (tertiary/aromatic N) is 1. The highest BCUT2D eigenvalue weighted by Gasteiger charge is 2.20. The Labute approximate surface area is 157 Å². The molecule has 1 aliphatic rings. The van der Waals surface area contributed by atoms with Gasteiger partial charge in [0.05, 0.1) is 5.69 Å². The molecule has 0 saturated heterocycles. The summed E-state index contributed by atoms with van der Waals surface area (Å²) in [5.41, 5.74) is 12.4. The first-order valence-corrected chi connectivity index (χ1v) is 9.94. The molecule has 0 bridgehead atoms. The van der Waals surface area contributed by atoms with Gasteiger partial charge < -0.3 is 11.1 Å². The molecular weight excluding hydrogens is 342 g/mol. The standard InChI is InChI=1S/C21H23N3OS/c1-12-8-9-16(13(2)10-12)23-20(25)19-18(22)15-11-14-6-4-3-5-7-17(14)24-21(15)26-19/h8-11H,3-7,22H2,1-2H3,(H,23,25). The fourth-order valence-corrected chi connectivity index (χ4v) is 4.63. The number of carbonyl (C=O) groups excluding carboxylic acids is 1. The number of nitrogen functional groups attached to an aromatic ring is 1. The molecule has 1 aliphatic carbocycles. The number of nitrogens with one attached hydrogen (secondary N) is 1. The summed E-state index contributed by atoms with van der Waals surface area (Å²) < 4.78 is 0. The van der Waals surface area contributed by atoms with E-state index in [9.17, 15) is 4.79 Å². The van der Waals surface area contributed by atoms with Crippen LogP contribution in [0.25, 0.3) is 10.2 Å². The van der Waals surface area contributed by atoms with Gasteiger partial charge in [-0.3, -0.25) is 4.79 Å². The zero-order valence-corrected chi connectivity index (χ0v) is 16.0. The summed E-state index contributed by atoms with van der Waals surface area (Å²) in [6.45, 7) is 4.04. The van der Waals surface area contributed by atoms with Crippen LogP contribution in [0.5, 0.6) is 0 Å². The van der Waals surface area contributed by atoms with Gasteiger partial charge >= 0.3 is 0 Å². The maximum atomic E-state index is 12.8. The smallest absolute Gasteiger partial charge is 0.267 e. The number of hydrogen-bond acceptors (Lipinski definition) is 4. The summed E-state index contributed by atoms with van der Waals surface area (Å²) in [5, 5.41) is 3.92. The van der Waals surface area contributed by atoms with Crippen molar-refractivity contribution in [1.29, 1.82) is 0 Å². The third-order valence-electron chi connectivity index (χ3n) is 5.09. The van der Waals surface area contributed by atoms with Crippen LogP contribution in [0.3, 0.4) is 0 Å². The molecule has 134 valence electrons. The zero-order chi connectivity index (χ0) is 18.3. The number of aryl methyl sites for hydroxylation is 4. The molecule has 0 radical (unpaired) electrons. The highest BCUT2D eigenvalue weighted by Crippen LogP contribution is 2.35. The van der Waals surface area contributed by atoms with Crippen molar-refractivity contribution < 1.29 is 4.79 Å². The number of rotatable bonds is 2. The lowest BCUT2D eigenvalue weighted by molar-refractivity contribution is 0.103. The number of nitrogens with two attached hydrogens (primary N) is 1. The topological polar surface area (TPSA) is 68.0 Å². The lowest BCUT2D eigenvalue weighted by Crippen LogP contribution is -2.12. The molecule has 2 heterocycles. The molecule has 2 aromatic heterocycles. The Morgan fingerprint density at radius 3 is 2.77 bits per heavy atom. The third-order valence-corrected chi connectivity index (χ3v) is 6.20. The summed E-state index contributed by atoms with van der Waals surface area (Å²) in [6, 6.07) is 8.15. The van der Waals surface area contributed by atoms with Crippen molar-refractivity contribution >= 4 is 38.8 Å². The van der Waals surface area contributed by atoms with E-state index in [4.69, 9.17) is 10.7 Å². The number of thiophene rings is 1. The van der Waals surface area contributed by atoms with E-state index in [0.717, 1.165) is 34.3 Å². The molecule has 26 heavy (non-hydrogen) atoms. The summed E-state index contributed by atoms with van der Waals surface area (Å²) in [7, 11) is 0. The maximum absolute atomic E-state index is 12.8. The average Bonchev–Trinajstić information content (AvgIpc) is 2.79. The van der Waals surface area contributed by atoms with Crippen molar-refractivity contribution in [3.8, 4) is 0 Å². The number of carbonyl (C=O) groups is 1. The van der Waals surface area contributed by atoms with E-state index in [1.807, 2.05) is 26.0 Å². The minimum absolute atomic E-state index is 0.160. The summed E-state index contributed by atoms with van der Waals surface area (Å²) in [4.78, 5) is 19.1. The number of benzene rings is 1. The maximum Gasteiger partial charge on any atom is 0.267 e. The minimum atomic E-state index is -0.160. The van der Waals surface area contributed by atoms with Crippen molar-refractivity contribution in [2.24, 2.45) is 0 Å². The SMILES string of the molecule is Cc1ccc(NC(=O)c2sc3nc4c(cc3c2N)CCCCC4)c(C)c1. The number of hydrogen-bond donors (Lipinski definition) is 2. The molecule has 0 unspecified atom stereocenters. The quantitative estimate of drug-likeness (QED) is 0.627. The van der Waals surface area contributed by atoms with Crippen molar-refractivity contribution in [3.63, 3.8) is 0 Å². The van der Waals surface area contributed by atoms with Gasteiger partial charge in [0.25, 0.3) is 5.91 Å². The van der Waals surface area contributed by atoms with E-state index in [2.05, 4.69) is 17.4 Å². The van der Waals surface area contributed by atoms with Gasteiger partial charge in [-0.25, -0.2) is 4.98 Å². The fourth-order valence-electron chi connectivity index (χ4n) is 3.64. The Balaban J connectivity index is 1.70. The molecule has 5 heteroatoms. The molecule has 0 aliphatic heterocycles. The summed E-state index contributed by atoms with van der Waals surface area (Å²) >= 11 is 1.39. The normalized spacial score (nSPS) is 14.1. The molecule has 0 atom stereocenters. The first-order valence-electron chi connectivity index (χ1n) is 9.12. The van der Waals surface area contributed by atoms with E-state index < -0.39 is 0 Å². The van der Waals surface area contributed by atoms with Gasteiger partial charge in [0.2, 0.25) is 0 Å². The van der Waals surface area contributed by atoms with Crippen LogP contribution in [0.15, 0.2) is 24.3 Å². The first kappa shape index (κ1) is 17.0. The highest BCUT2D eigenvalue weighted by atomic mass is 32.1. The van der Waals surface area contributed by atoms with Gasteiger partial charge in [0.15, 0.2) is 0 Å². The average molecular weight is 366 g/mol. The van der Waals surface area contributed by atoms with Crippen LogP contribution in [0.2, 0.25) is 0 Å². The number of aromatic nitrogens is 1. The molecule has 4 nitrogen and oxygen atoms in total. The predicted molar refractivity (Wildman–Crippen MR) is 109 cm³/mol. The largest absolute Gasteiger partial charge is 0.397 e. The monoisotopic (exact) mass is 365 g/mol. The lowest BCUT2D eigenvalue weighted by atomic mass is 10.1. The molecule has 0 fully saturated rings. The van der Waals surface area contributed by atoms with E-state index in [1.54, 1.807) is 0 Å². The number of amides is 1. The van der Waals surface area contributed by atoms with Crippen LogP contribution in [0.4, 0.5) is 11.4 Å². The van der Waals surface area contributed by atoms with Crippen molar-refractivity contribution in [2.75, 3.05) is 11.1 Å². The third kappa shape index (κ3) is 3.07. The molecule has 1 aromatic carbocycles. The van der Waals surface area contributed by atoms with Crippen molar-refractivity contribution in [1.82, 2.24) is 4.98 Å². The van der Waals surface area contributed by atoms with Gasteiger partial charge in [-0.15, -0.1) is 11.3 Å². The Hall–Kier alpha value is -2.40. The highest BCUT2D eigenvalue weighted by molar-refractivity contribution is 7.21. The van der Waals surface area contributed by atoms with Gasteiger partial charge in [-0.2, -0.15) is 0 Å². The fraction of sp³-hybridized carbons (Fsp3) is 0.333. The summed E-state index contributed by atoms with van der Waals surface area (Å²) in [5.74, 6) is -0.160. The van der Waals surface area contributed by atoms with Crippen LogP contribution in [-0.2, 0) is 12.8 Å². The second-order valence-electron chi connectivity index (χ2n) is 7.12. The number of anilines is 2. The molecule has 4 rings (SSSR count). The molecule has 0 spiro atoms. The van der Waals surface area contributed by atoms with Gasteiger partial charge in [-0.1, -0.05) is 24.1 Å². The zero-order valence-electron chi connectivity index (χ0n) is 15.2. The Morgan fingerprint density at radius 2 is 1.96 bits per heavy atom. The second-order valence-corrected chi connectivity index (χ2v) is 8.12. The Kier molecular flexibility index (Phi) is 4.41. The van der Waals surface area contributed by atoms with Gasteiger partial charge in [0, 0.05) is 16.8 Å². The van der Waals surface area contributed by atoms with E-state index >= 15 is 0 Å². The van der Waals surface area contributed by atoms with Gasteiger partial charge in [0.1, 0.15) is 9.71 Å². The summed E-state index contributed by atoms with van der Waals surface area (Å²) in [6.07, 6.45) is 5.71.